The average Bonchev–Trinajstić information content (AvgIpc) is 2.71. The van der Waals surface area contributed by atoms with Crippen LogP contribution in [0.5, 0.6) is 5.75 Å². The van der Waals surface area contributed by atoms with Crippen molar-refractivity contribution in [1.82, 2.24) is 20.9 Å². The predicted molar refractivity (Wildman–Crippen MR) is 121 cm³/mol. The number of carbonyl (C=O) groups excluding carboxylic acids is 3. The number of nitrogens with zero attached hydrogens (tertiary/aromatic N) is 1. The smallest absolute Gasteiger partial charge is 0.338 e. The first-order valence-electron chi connectivity index (χ1n) is 10.7. The number of benzene rings is 1. The fourth-order valence-corrected chi connectivity index (χ4v) is 3.40. The first-order valence-corrected chi connectivity index (χ1v) is 10.7. The van der Waals surface area contributed by atoms with E-state index in [9.17, 15) is 14.4 Å². The molecule has 0 aromatic heterocycles. The second-order valence-electron chi connectivity index (χ2n) is 8.52. The van der Waals surface area contributed by atoms with Gasteiger partial charge >= 0.3 is 12.0 Å². The number of carbonyl (C=O) groups is 3. The highest BCUT2D eigenvalue weighted by molar-refractivity contribution is 5.95. The maximum Gasteiger partial charge on any atom is 0.338 e. The lowest BCUT2D eigenvalue weighted by molar-refractivity contribution is -0.139. The Morgan fingerprint density at radius 1 is 1.16 bits per heavy atom. The van der Waals surface area contributed by atoms with E-state index in [1.165, 1.54) is 0 Å². The molecule has 0 aliphatic carbocycles. The molecule has 0 saturated carbocycles. The molecule has 1 unspecified atom stereocenters. The summed E-state index contributed by atoms with van der Waals surface area (Å²) in [5, 5.41) is 8.48. The third kappa shape index (κ3) is 6.98. The molecule has 1 aliphatic rings. The van der Waals surface area contributed by atoms with Crippen molar-refractivity contribution in [2.24, 2.45) is 0 Å². The van der Waals surface area contributed by atoms with Crippen LogP contribution in [0.2, 0.25) is 0 Å². The number of hydrogen-bond donors (Lipinski definition) is 3. The van der Waals surface area contributed by atoms with E-state index < -0.39 is 18.0 Å². The van der Waals surface area contributed by atoms with Crippen LogP contribution in [-0.2, 0) is 14.3 Å². The monoisotopic (exact) mass is 446 g/mol. The molecular weight excluding hydrogens is 412 g/mol. The van der Waals surface area contributed by atoms with Gasteiger partial charge in [0.05, 0.1) is 31.9 Å². The molecule has 1 aromatic carbocycles. The molecule has 0 bridgehead atoms. The molecule has 2 rings (SSSR count). The molecule has 1 atom stereocenters. The maximum atomic E-state index is 12.9. The van der Waals surface area contributed by atoms with Crippen molar-refractivity contribution in [2.75, 3.05) is 33.4 Å². The molecule has 9 nitrogen and oxygen atoms in total. The van der Waals surface area contributed by atoms with E-state index in [4.69, 9.17) is 9.47 Å². The molecule has 3 amide bonds. The van der Waals surface area contributed by atoms with E-state index in [0.717, 1.165) is 5.56 Å². The van der Waals surface area contributed by atoms with Gasteiger partial charge in [-0.15, -0.1) is 0 Å². The van der Waals surface area contributed by atoms with Crippen molar-refractivity contribution in [2.45, 2.75) is 46.2 Å². The number of ether oxygens (including phenoxy) is 2. The largest absolute Gasteiger partial charge is 0.497 e. The minimum Gasteiger partial charge on any atom is -0.497 e. The molecular formula is C23H34N4O5. The fourth-order valence-electron chi connectivity index (χ4n) is 3.40. The van der Waals surface area contributed by atoms with Gasteiger partial charge in [0.1, 0.15) is 5.75 Å². The number of methoxy groups -OCH3 is 1. The third-order valence-corrected chi connectivity index (χ3v) is 4.81. The molecule has 176 valence electrons. The second-order valence-corrected chi connectivity index (χ2v) is 8.52. The van der Waals surface area contributed by atoms with Crippen LogP contribution >= 0.6 is 0 Å². The summed E-state index contributed by atoms with van der Waals surface area (Å²) in [6, 6.07) is 6.00. The van der Waals surface area contributed by atoms with E-state index in [1.54, 1.807) is 38.3 Å². The topological polar surface area (TPSA) is 109 Å². The van der Waals surface area contributed by atoms with Gasteiger partial charge in [-0.3, -0.25) is 9.69 Å². The zero-order chi connectivity index (χ0) is 23.9. The Labute approximate surface area is 189 Å². The lowest BCUT2D eigenvalue weighted by atomic mass is 9.95. The number of nitrogens with one attached hydrogen (secondary N) is 3. The summed E-state index contributed by atoms with van der Waals surface area (Å²) < 4.78 is 10.5. The first-order chi connectivity index (χ1) is 15.1. The van der Waals surface area contributed by atoms with Crippen molar-refractivity contribution in [3.63, 3.8) is 0 Å². The average molecular weight is 447 g/mol. The van der Waals surface area contributed by atoms with Crippen molar-refractivity contribution in [3.05, 3.63) is 41.1 Å². The van der Waals surface area contributed by atoms with Crippen LogP contribution in [0.4, 0.5) is 4.79 Å². The van der Waals surface area contributed by atoms with Crippen molar-refractivity contribution in [3.8, 4) is 5.75 Å². The Morgan fingerprint density at radius 2 is 1.81 bits per heavy atom. The summed E-state index contributed by atoms with van der Waals surface area (Å²) in [6.45, 7) is 10.5. The van der Waals surface area contributed by atoms with E-state index in [-0.39, 0.29) is 31.1 Å². The lowest BCUT2D eigenvalue weighted by Crippen LogP contribution is -2.50. The van der Waals surface area contributed by atoms with Crippen molar-refractivity contribution < 1.29 is 23.9 Å². The minimum absolute atomic E-state index is 0.129. The Balaban J connectivity index is 2.38. The summed E-state index contributed by atoms with van der Waals surface area (Å²) in [5.41, 5.74) is 1.09. The number of amides is 3. The zero-order valence-electron chi connectivity index (χ0n) is 19.7. The quantitative estimate of drug-likeness (QED) is 0.501. The van der Waals surface area contributed by atoms with Gasteiger partial charge in [0.15, 0.2) is 0 Å². The third-order valence-electron chi connectivity index (χ3n) is 4.81. The van der Waals surface area contributed by atoms with Crippen LogP contribution < -0.4 is 20.7 Å². The lowest BCUT2D eigenvalue weighted by Gasteiger charge is -2.32. The summed E-state index contributed by atoms with van der Waals surface area (Å²) in [7, 11) is 1.57. The molecule has 1 aromatic rings. The molecule has 0 spiro atoms. The number of urea groups is 1. The van der Waals surface area contributed by atoms with Gasteiger partial charge in [-0.2, -0.15) is 0 Å². The fraction of sp³-hybridized carbons (Fsp3) is 0.522. The number of esters is 1. The molecule has 1 aliphatic heterocycles. The minimum atomic E-state index is -0.689. The number of likely N-dealkylation sites (N-methyl/N-ethyl adjacent to an activating group) is 1. The van der Waals surface area contributed by atoms with Crippen LogP contribution in [0.25, 0.3) is 0 Å². The van der Waals surface area contributed by atoms with Gasteiger partial charge in [-0.05, 0) is 51.9 Å². The summed E-state index contributed by atoms with van der Waals surface area (Å²) in [4.78, 5) is 39.6. The molecule has 1 heterocycles. The van der Waals surface area contributed by atoms with E-state index in [1.807, 2.05) is 32.6 Å². The van der Waals surface area contributed by atoms with Gasteiger partial charge in [0.25, 0.3) is 0 Å². The van der Waals surface area contributed by atoms with Crippen LogP contribution in [0.15, 0.2) is 35.5 Å². The van der Waals surface area contributed by atoms with Crippen molar-refractivity contribution in [1.29, 1.82) is 0 Å². The standard InChI is InChI=1S/C23H34N4O5/c1-7-27(14-18(28)26-23(3,4)5)13-17-19(21(29)32-8-2)20(25-22(30)24-17)15-9-11-16(31-6)12-10-15/h9-12,20H,7-8,13-14H2,1-6H3,(H,26,28)(H2,24,25,30). The highest BCUT2D eigenvalue weighted by Gasteiger charge is 2.34. The van der Waals surface area contributed by atoms with E-state index in [0.29, 0.717) is 23.6 Å². The van der Waals surface area contributed by atoms with Gasteiger partial charge in [-0.1, -0.05) is 19.1 Å². The molecule has 0 fully saturated rings. The molecule has 32 heavy (non-hydrogen) atoms. The van der Waals surface area contributed by atoms with Gasteiger partial charge < -0.3 is 25.4 Å². The normalized spacial score (nSPS) is 16.3. The molecule has 3 N–H and O–H groups in total. The Hall–Kier alpha value is -3.07. The Kier molecular flexibility index (Phi) is 8.65. The Bertz CT molecular complexity index is 858. The zero-order valence-corrected chi connectivity index (χ0v) is 19.7. The van der Waals surface area contributed by atoms with Gasteiger partial charge in [0, 0.05) is 17.8 Å². The SMILES string of the molecule is CCOC(=O)C1=C(CN(CC)CC(=O)NC(C)(C)C)NC(=O)NC1c1ccc(OC)cc1. The number of rotatable bonds is 9. The van der Waals surface area contributed by atoms with Crippen LogP contribution in [0.1, 0.15) is 46.2 Å². The van der Waals surface area contributed by atoms with Crippen LogP contribution in [0.3, 0.4) is 0 Å². The number of hydrogen-bond acceptors (Lipinski definition) is 6. The summed E-state index contributed by atoms with van der Waals surface area (Å²) in [5.74, 6) is 0.00790. The van der Waals surface area contributed by atoms with E-state index in [2.05, 4.69) is 16.0 Å². The molecule has 0 saturated heterocycles. The Morgan fingerprint density at radius 3 is 2.34 bits per heavy atom. The molecule has 0 radical (unpaired) electrons. The highest BCUT2D eigenvalue weighted by Crippen LogP contribution is 2.29. The van der Waals surface area contributed by atoms with Crippen molar-refractivity contribution >= 4 is 17.9 Å². The predicted octanol–water partition coefficient (Wildman–Crippen LogP) is 2.10. The van der Waals surface area contributed by atoms with Crippen LogP contribution in [0, 0.1) is 0 Å². The van der Waals surface area contributed by atoms with E-state index >= 15 is 0 Å². The molecule has 9 heteroatoms. The van der Waals surface area contributed by atoms with Gasteiger partial charge in [-0.25, -0.2) is 9.59 Å². The maximum absolute atomic E-state index is 12.9. The van der Waals surface area contributed by atoms with Gasteiger partial charge in [0.2, 0.25) is 5.91 Å². The second kappa shape index (κ2) is 11.0. The summed E-state index contributed by atoms with van der Waals surface area (Å²) >= 11 is 0. The van der Waals surface area contributed by atoms with Crippen LogP contribution in [-0.4, -0.2) is 61.7 Å². The summed E-state index contributed by atoms with van der Waals surface area (Å²) in [6.07, 6.45) is 0. The first kappa shape index (κ1) is 25.2. The highest BCUT2D eigenvalue weighted by atomic mass is 16.5.